The normalized spacial score (nSPS) is 19.4. The van der Waals surface area contributed by atoms with Gasteiger partial charge in [-0.1, -0.05) is 84.4 Å². The monoisotopic (exact) mass is 698 g/mol. The maximum absolute atomic E-state index is 15.4. The summed E-state index contributed by atoms with van der Waals surface area (Å²) < 4.78 is 36.6. The second-order valence-corrected chi connectivity index (χ2v) is 14.6. The Morgan fingerprint density at radius 1 is 0.745 bits per heavy atom. The van der Waals surface area contributed by atoms with Crippen molar-refractivity contribution < 1.29 is 32.3 Å². The van der Waals surface area contributed by atoms with E-state index in [4.69, 9.17) is 4.74 Å². The Labute approximate surface area is 296 Å². The van der Waals surface area contributed by atoms with E-state index in [0.717, 1.165) is 14.8 Å². The first-order valence-corrected chi connectivity index (χ1v) is 17.9. The third-order valence-electron chi connectivity index (χ3n) is 9.91. The molecule has 7 rings (SSSR count). The highest BCUT2D eigenvalue weighted by molar-refractivity contribution is 7.93. The molecule has 0 unspecified atom stereocenters. The lowest BCUT2D eigenvalue weighted by Crippen LogP contribution is -2.66. The SMILES string of the molecule is COc1ccc(C(=O)[C@@H]2N(S(=O)(=O)c3ccc(C)cc3)c3ccccc3[C@H](CC(=O)c3ccccc3)[C@@]23C(=O)N(C(C)=O)c2ccccc23)cc1. The van der Waals surface area contributed by atoms with Crippen LogP contribution in [0.15, 0.2) is 132 Å². The molecule has 0 aliphatic carbocycles. The Bertz CT molecular complexity index is 2300. The predicted molar refractivity (Wildman–Crippen MR) is 193 cm³/mol. The van der Waals surface area contributed by atoms with Crippen molar-refractivity contribution in [1.29, 1.82) is 0 Å². The maximum atomic E-state index is 15.4. The van der Waals surface area contributed by atoms with Gasteiger partial charge in [-0.2, -0.15) is 0 Å². The van der Waals surface area contributed by atoms with E-state index in [1.807, 2.05) is 6.92 Å². The van der Waals surface area contributed by atoms with E-state index in [1.54, 1.807) is 103 Å². The highest BCUT2D eigenvalue weighted by Gasteiger charge is 2.68. The number of Topliss-reactive ketones (excluding diaryl/α,β-unsaturated/α-hetero) is 2. The topological polar surface area (TPSA) is 118 Å². The lowest BCUT2D eigenvalue weighted by atomic mass is 9.58. The molecule has 9 nitrogen and oxygen atoms in total. The number of methoxy groups -OCH3 is 1. The molecule has 0 N–H and O–H groups in total. The van der Waals surface area contributed by atoms with Crippen LogP contribution in [0.2, 0.25) is 0 Å². The number of imide groups is 1. The molecule has 256 valence electrons. The molecule has 1 spiro atoms. The van der Waals surface area contributed by atoms with Crippen LogP contribution in [0.3, 0.4) is 0 Å². The van der Waals surface area contributed by atoms with Crippen molar-refractivity contribution >= 4 is 44.8 Å². The number of hydrogen-bond donors (Lipinski definition) is 0. The molecule has 2 aliphatic rings. The van der Waals surface area contributed by atoms with Crippen LogP contribution in [0.25, 0.3) is 0 Å². The van der Waals surface area contributed by atoms with Gasteiger partial charge in [0.1, 0.15) is 17.2 Å². The molecule has 3 atom stereocenters. The van der Waals surface area contributed by atoms with Crippen LogP contribution >= 0.6 is 0 Å². The van der Waals surface area contributed by atoms with Crippen molar-refractivity contribution in [3.8, 4) is 5.75 Å². The minimum atomic E-state index is -4.59. The Balaban J connectivity index is 1.60. The number of amides is 2. The van der Waals surface area contributed by atoms with Crippen molar-refractivity contribution in [2.45, 2.75) is 42.5 Å². The Morgan fingerprint density at radius 2 is 1.35 bits per heavy atom. The number of sulfonamides is 1. The lowest BCUT2D eigenvalue weighted by Gasteiger charge is -2.51. The van der Waals surface area contributed by atoms with Gasteiger partial charge in [-0.05, 0) is 66.6 Å². The van der Waals surface area contributed by atoms with Crippen molar-refractivity contribution in [3.05, 3.63) is 155 Å². The molecule has 51 heavy (non-hydrogen) atoms. The van der Waals surface area contributed by atoms with Crippen LogP contribution in [-0.2, 0) is 25.0 Å². The van der Waals surface area contributed by atoms with E-state index >= 15 is 18.0 Å². The second-order valence-electron chi connectivity index (χ2n) is 12.8. The van der Waals surface area contributed by atoms with Crippen LogP contribution in [0, 0.1) is 6.92 Å². The molecule has 2 heterocycles. The predicted octanol–water partition coefficient (Wildman–Crippen LogP) is 6.65. The number of rotatable bonds is 8. The summed E-state index contributed by atoms with van der Waals surface area (Å²) in [6, 6.07) is 32.5. The Hall–Kier alpha value is -5.87. The van der Waals surface area contributed by atoms with Gasteiger partial charge in [0.2, 0.25) is 11.8 Å². The van der Waals surface area contributed by atoms with Gasteiger partial charge < -0.3 is 4.74 Å². The summed E-state index contributed by atoms with van der Waals surface area (Å²) in [5, 5.41) is 0. The van der Waals surface area contributed by atoms with Gasteiger partial charge in [0.15, 0.2) is 11.6 Å². The summed E-state index contributed by atoms with van der Waals surface area (Å²) in [6.45, 7) is 3.08. The summed E-state index contributed by atoms with van der Waals surface area (Å²) in [6.07, 6.45) is -0.266. The van der Waals surface area contributed by atoms with Crippen LogP contribution in [0.5, 0.6) is 5.75 Å². The summed E-state index contributed by atoms with van der Waals surface area (Å²) >= 11 is 0. The van der Waals surface area contributed by atoms with Crippen LogP contribution in [-0.4, -0.2) is 45.0 Å². The van der Waals surface area contributed by atoms with E-state index in [0.29, 0.717) is 16.9 Å². The van der Waals surface area contributed by atoms with E-state index in [9.17, 15) is 9.59 Å². The zero-order valence-corrected chi connectivity index (χ0v) is 29.0. The Morgan fingerprint density at radius 3 is 2.00 bits per heavy atom. The first kappa shape index (κ1) is 33.6. The van der Waals surface area contributed by atoms with E-state index in [2.05, 4.69) is 0 Å². The third-order valence-corrected chi connectivity index (χ3v) is 11.7. The highest BCUT2D eigenvalue weighted by atomic mass is 32.2. The molecular weight excluding hydrogens is 665 g/mol. The van der Waals surface area contributed by atoms with Crippen molar-refractivity contribution in [3.63, 3.8) is 0 Å². The summed E-state index contributed by atoms with van der Waals surface area (Å²) in [5.74, 6) is -3.00. The molecule has 5 aromatic rings. The van der Waals surface area contributed by atoms with E-state index in [-0.39, 0.29) is 39.6 Å². The van der Waals surface area contributed by atoms with Gasteiger partial charge in [0, 0.05) is 30.4 Å². The minimum absolute atomic E-state index is 0.0912. The summed E-state index contributed by atoms with van der Waals surface area (Å²) in [5.41, 5.74) is 0.316. The van der Waals surface area contributed by atoms with Crippen molar-refractivity contribution in [2.24, 2.45) is 0 Å². The number of carbonyl (C=O) groups excluding carboxylic acids is 4. The standard InChI is InChI=1S/C41H34N2O7S/c1-26-17-23-31(24-18-26)51(48,49)43-35-15-9-7-13-32(35)34(25-37(45)28-11-5-4-6-12-28)41(39(43)38(46)29-19-21-30(50-3)22-20-29)33-14-8-10-16-36(33)42(27(2)44)40(41)47/h4-24,34,39H,25H2,1-3H3/t34-,39-,41+/m0/s1. The van der Waals surface area contributed by atoms with Crippen LogP contribution in [0.4, 0.5) is 11.4 Å². The number of nitrogens with zero attached hydrogens (tertiary/aromatic N) is 2. The molecule has 0 aromatic heterocycles. The number of ether oxygens (including phenoxy) is 1. The van der Waals surface area contributed by atoms with Gasteiger partial charge in [-0.3, -0.25) is 23.5 Å². The van der Waals surface area contributed by atoms with Crippen molar-refractivity contribution in [1.82, 2.24) is 0 Å². The second kappa shape index (κ2) is 12.8. The zero-order valence-electron chi connectivity index (χ0n) is 28.1. The lowest BCUT2D eigenvalue weighted by molar-refractivity contribution is -0.129. The molecule has 0 fully saturated rings. The average Bonchev–Trinajstić information content (AvgIpc) is 3.40. The maximum Gasteiger partial charge on any atom is 0.265 e. The number of ketones is 2. The fourth-order valence-corrected chi connectivity index (χ4v) is 9.27. The quantitative estimate of drug-likeness (QED) is 0.167. The number of fused-ring (bicyclic) bond motifs is 3. The average molecular weight is 699 g/mol. The first-order chi connectivity index (χ1) is 24.5. The fraction of sp³-hybridized carbons (Fsp3) is 0.171. The van der Waals surface area contributed by atoms with E-state index in [1.165, 1.54) is 38.3 Å². The first-order valence-electron chi connectivity index (χ1n) is 16.4. The number of benzene rings is 5. The largest absolute Gasteiger partial charge is 0.497 e. The van der Waals surface area contributed by atoms with Gasteiger partial charge in [-0.15, -0.1) is 0 Å². The van der Waals surface area contributed by atoms with Crippen LogP contribution in [0.1, 0.15) is 56.7 Å². The molecule has 0 bridgehead atoms. The summed E-state index contributed by atoms with van der Waals surface area (Å²) in [7, 11) is -3.11. The molecule has 2 amide bonds. The minimum Gasteiger partial charge on any atom is -0.497 e. The molecular formula is C41H34N2O7S. The number of carbonyl (C=O) groups is 4. The fourth-order valence-electron chi connectivity index (χ4n) is 7.60. The molecule has 10 heteroatoms. The molecule has 5 aromatic carbocycles. The smallest absolute Gasteiger partial charge is 0.265 e. The van der Waals surface area contributed by atoms with Crippen molar-refractivity contribution in [2.75, 3.05) is 16.3 Å². The number of anilines is 2. The molecule has 2 aliphatic heterocycles. The van der Waals surface area contributed by atoms with Gasteiger partial charge >= 0.3 is 0 Å². The highest BCUT2D eigenvalue weighted by Crippen LogP contribution is 2.60. The molecule has 0 radical (unpaired) electrons. The van der Waals surface area contributed by atoms with Gasteiger partial charge in [0.05, 0.1) is 23.4 Å². The molecule has 0 saturated carbocycles. The number of aryl methyl sites for hydroxylation is 1. The Kier molecular flexibility index (Phi) is 8.43. The molecule has 0 saturated heterocycles. The van der Waals surface area contributed by atoms with Gasteiger partial charge in [0.25, 0.3) is 10.0 Å². The third kappa shape index (κ3) is 5.25. The zero-order chi connectivity index (χ0) is 36.1. The number of hydrogen-bond acceptors (Lipinski definition) is 7. The van der Waals surface area contributed by atoms with Gasteiger partial charge in [-0.25, -0.2) is 13.3 Å². The van der Waals surface area contributed by atoms with Crippen LogP contribution < -0.4 is 13.9 Å². The summed E-state index contributed by atoms with van der Waals surface area (Å²) in [4.78, 5) is 59.3. The van der Waals surface area contributed by atoms with E-state index < -0.39 is 45.0 Å². The number of para-hydroxylation sites is 2.